The number of likely N-dealkylation sites (N-methyl/N-ethyl adjacent to an activating group) is 1. The highest BCUT2D eigenvalue weighted by molar-refractivity contribution is 6.33. The molecule has 2 aromatic carbocycles. The molecule has 65 heavy (non-hydrogen) atoms. The number of imide groups is 1. The number of ether oxygens (including phenoxy) is 2. The van der Waals surface area contributed by atoms with Gasteiger partial charge in [0.1, 0.15) is 16.9 Å². The number of anilines is 3. The van der Waals surface area contributed by atoms with Gasteiger partial charge >= 0.3 is 0 Å². The van der Waals surface area contributed by atoms with Crippen LogP contribution >= 0.6 is 11.6 Å². The predicted octanol–water partition coefficient (Wildman–Crippen LogP) is 5.58. The van der Waals surface area contributed by atoms with Gasteiger partial charge in [-0.3, -0.25) is 29.3 Å². The number of amides is 4. The third-order valence-corrected chi connectivity index (χ3v) is 14.3. The largest absolute Gasteiger partial charge is 0.478 e. The Hall–Kier alpha value is -5.65. The molecule has 16 nitrogen and oxygen atoms in total. The number of fused-ring (bicyclic) bond motifs is 2. The van der Waals surface area contributed by atoms with Gasteiger partial charge in [-0.1, -0.05) is 24.6 Å². The number of halogens is 2. The lowest BCUT2D eigenvalue weighted by Gasteiger charge is -2.47. The Morgan fingerprint density at radius 1 is 1.00 bits per heavy atom. The maximum Gasteiger partial charge on any atom is 0.293 e. The zero-order valence-corrected chi connectivity index (χ0v) is 37.7. The third-order valence-electron chi connectivity index (χ3n) is 14.0. The molecule has 0 spiro atoms. The SMILES string of the molecule is CCC(C)n1c(=O)c(OCC(=O)NC)cc2cc(Nc3nc(N4CCC(OC5CC(N6CCC(c7ccc8c(c7F)CN(C7CCC(=O)NC7=O)C8=O)CC6)C5)CC4)ncc3Cl)ccc21. The summed E-state index contributed by atoms with van der Waals surface area (Å²) in [6.45, 7) is 6.96. The number of carbonyl (C=O) groups excluding carboxylic acids is 4. The Balaban J connectivity index is 0.750. The van der Waals surface area contributed by atoms with Crippen LogP contribution in [0, 0.1) is 5.82 Å². The molecule has 4 amide bonds. The van der Waals surface area contributed by atoms with E-state index in [1.54, 1.807) is 29.0 Å². The van der Waals surface area contributed by atoms with E-state index in [2.05, 4.69) is 30.7 Å². The molecule has 3 N–H and O–H groups in total. The van der Waals surface area contributed by atoms with Crippen LogP contribution < -0.4 is 31.1 Å². The molecule has 1 saturated carbocycles. The molecular weight excluding hydrogens is 857 g/mol. The molecule has 9 rings (SSSR count). The Morgan fingerprint density at radius 2 is 1.77 bits per heavy atom. The van der Waals surface area contributed by atoms with Crippen molar-refractivity contribution in [2.24, 2.45) is 0 Å². The molecule has 4 aromatic rings. The van der Waals surface area contributed by atoms with Gasteiger partial charge in [0, 0.05) is 60.8 Å². The summed E-state index contributed by atoms with van der Waals surface area (Å²) in [5.41, 5.74) is 2.45. The van der Waals surface area contributed by atoms with Gasteiger partial charge in [-0.15, -0.1) is 0 Å². The topological polar surface area (TPSA) is 180 Å². The van der Waals surface area contributed by atoms with E-state index in [-0.39, 0.29) is 85.0 Å². The molecule has 1 aliphatic carbocycles. The molecule has 4 aliphatic heterocycles. The van der Waals surface area contributed by atoms with Crippen LogP contribution in [-0.4, -0.2) is 112 Å². The molecule has 344 valence electrons. The second kappa shape index (κ2) is 18.7. The fraction of sp³-hybridized carbons (Fsp3) is 0.511. The number of likely N-dealkylation sites (tertiary alicyclic amines) is 1. The van der Waals surface area contributed by atoms with Gasteiger partial charge in [0.2, 0.25) is 17.8 Å². The smallest absolute Gasteiger partial charge is 0.293 e. The fourth-order valence-corrected chi connectivity index (χ4v) is 10.1. The van der Waals surface area contributed by atoms with Gasteiger partial charge in [-0.05, 0) is 113 Å². The minimum atomic E-state index is -0.769. The van der Waals surface area contributed by atoms with Crippen LogP contribution in [0.15, 0.2) is 47.4 Å². The highest BCUT2D eigenvalue weighted by atomic mass is 35.5. The first-order valence-corrected chi connectivity index (χ1v) is 23.2. The van der Waals surface area contributed by atoms with Crippen molar-refractivity contribution in [3.63, 3.8) is 0 Å². The van der Waals surface area contributed by atoms with E-state index in [1.165, 1.54) is 11.9 Å². The molecule has 3 saturated heterocycles. The van der Waals surface area contributed by atoms with E-state index in [9.17, 15) is 24.0 Å². The van der Waals surface area contributed by atoms with Crippen molar-refractivity contribution in [2.75, 3.05) is 50.1 Å². The first-order valence-electron chi connectivity index (χ1n) is 22.8. The number of nitrogens with zero attached hydrogens (tertiary/aromatic N) is 6. The van der Waals surface area contributed by atoms with Gasteiger partial charge in [-0.2, -0.15) is 4.98 Å². The standard InChI is InChI=1S/C47H55ClFN9O7/c1-4-26(2)58-37-8-5-29(19-28(37)20-39(46(58)63)64-25-41(60)50-3)52-43-36(48)23-51-47(54-43)56-17-13-31(14-18-56)65-32-21-30(22-32)55-15-11-27(12-16-55)33-6-7-34-35(42(33)49)24-57(45(34)62)38-9-10-40(59)53-44(38)61/h5-8,19-20,23,26-27,30-32,38H,4,9-18,21-22,24-25H2,1-3H3,(H,50,60)(H,51,52,54)(H,53,59,61). The highest BCUT2D eigenvalue weighted by Gasteiger charge is 2.42. The minimum absolute atomic E-state index is 0.0380. The molecule has 0 radical (unpaired) electrons. The molecule has 2 unspecified atom stereocenters. The average molecular weight is 912 g/mol. The summed E-state index contributed by atoms with van der Waals surface area (Å²) in [5, 5.41) is 9.27. The monoisotopic (exact) mass is 911 g/mol. The molecule has 0 bridgehead atoms. The maximum atomic E-state index is 16.0. The number of benzene rings is 2. The first-order chi connectivity index (χ1) is 31.4. The van der Waals surface area contributed by atoms with Crippen LogP contribution in [0.2, 0.25) is 5.02 Å². The van der Waals surface area contributed by atoms with Crippen molar-refractivity contribution >= 4 is 63.6 Å². The van der Waals surface area contributed by atoms with Crippen LogP contribution in [0.5, 0.6) is 5.75 Å². The zero-order valence-electron chi connectivity index (χ0n) is 36.9. The zero-order chi connectivity index (χ0) is 45.5. The average Bonchev–Trinajstić information content (AvgIpc) is 3.63. The lowest BCUT2D eigenvalue weighted by Crippen LogP contribution is -2.52. The quantitative estimate of drug-likeness (QED) is 0.142. The fourth-order valence-electron chi connectivity index (χ4n) is 10.00. The molecular formula is C47H55ClFN9O7. The Kier molecular flexibility index (Phi) is 12.8. The van der Waals surface area contributed by atoms with Crippen molar-refractivity contribution in [2.45, 2.75) is 114 Å². The lowest BCUT2D eigenvalue weighted by molar-refractivity contribution is -0.137. The normalized spacial score (nSPS) is 22.4. The first kappa shape index (κ1) is 44.5. The van der Waals surface area contributed by atoms with E-state index >= 15 is 4.39 Å². The van der Waals surface area contributed by atoms with E-state index in [1.807, 2.05) is 32.0 Å². The summed E-state index contributed by atoms with van der Waals surface area (Å²) in [5.74, 6) is -0.712. The van der Waals surface area contributed by atoms with Gasteiger partial charge in [-0.25, -0.2) is 9.37 Å². The summed E-state index contributed by atoms with van der Waals surface area (Å²) < 4.78 is 30.0. The van der Waals surface area contributed by atoms with Crippen molar-refractivity contribution in [3.8, 4) is 5.75 Å². The van der Waals surface area contributed by atoms with Gasteiger partial charge < -0.3 is 39.4 Å². The van der Waals surface area contributed by atoms with E-state index < -0.39 is 11.9 Å². The molecule has 2 atom stereocenters. The van der Waals surface area contributed by atoms with Crippen molar-refractivity contribution < 1.29 is 33.0 Å². The van der Waals surface area contributed by atoms with E-state index in [0.29, 0.717) is 45.2 Å². The minimum Gasteiger partial charge on any atom is -0.478 e. The number of pyridine rings is 1. The molecule has 5 aliphatic rings. The number of carbonyl (C=O) groups is 4. The Bertz CT molecular complexity index is 2570. The van der Waals surface area contributed by atoms with E-state index in [0.717, 1.165) is 82.0 Å². The highest BCUT2D eigenvalue weighted by Crippen LogP contribution is 2.39. The Labute approximate surface area is 381 Å². The predicted molar refractivity (Wildman–Crippen MR) is 242 cm³/mol. The Morgan fingerprint density at radius 3 is 2.49 bits per heavy atom. The number of aromatic nitrogens is 3. The number of rotatable bonds is 13. The van der Waals surface area contributed by atoms with Gasteiger partial charge in [0.05, 0.1) is 30.5 Å². The van der Waals surface area contributed by atoms with E-state index in [4.69, 9.17) is 26.1 Å². The molecule has 18 heteroatoms. The summed E-state index contributed by atoms with van der Waals surface area (Å²) >= 11 is 6.61. The molecule has 6 heterocycles. The summed E-state index contributed by atoms with van der Waals surface area (Å²) in [4.78, 5) is 78.0. The maximum absolute atomic E-state index is 16.0. The number of nitrogens with one attached hydrogen (secondary N) is 3. The molecule has 2 aromatic heterocycles. The van der Waals surface area contributed by atoms with Crippen LogP contribution in [0.1, 0.15) is 105 Å². The summed E-state index contributed by atoms with van der Waals surface area (Å²) in [6.07, 6.45) is 8.36. The van der Waals surface area contributed by atoms with Crippen LogP contribution in [0.25, 0.3) is 10.9 Å². The van der Waals surface area contributed by atoms with Gasteiger partial charge in [0.15, 0.2) is 18.2 Å². The van der Waals surface area contributed by atoms with Crippen molar-refractivity contribution in [3.05, 3.63) is 80.5 Å². The lowest BCUT2D eigenvalue weighted by atomic mass is 9.83. The number of hydrogen-bond donors (Lipinski definition) is 3. The van der Waals surface area contributed by atoms with Crippen LogP contribution in [-0.2, 0) is 25.7 Å². The van der Waals surface area contributed by atoms with Crippen molar-refractivity contribution in [1.82, 2.24) is 35.0 Å². The summed E-state index contributed by atoms with van der Waals surface area (Å²) in [7, 11) is 1.51. The van der Waals surface area contributed by atoms with Crippen LogP contribution in [0.3, 0.4) is 0 Å². The second-order valence-corrected chi connectivity index (χ2v) is 18.4. The number of piperidine rings is 3. The van der Waals surface area contributed by atoms with Gasteiger partial charge in [0.25, 0.3) is 17.4 Å². The molecule has 4 fully saturated rings. The second-order valence-electron chi connectivity index (χ2n) is 17.9. The summed E-state index contributed by atoms with van der Waals surface area (Å²) in [6, 6.07) is 10.4. The third kappa shape index (κ3) is 9.02. The number of hydrogen-bond acceptors (Lipinski definition) is 12. The van der Waals surface area contributed by atoms with Crippen molar-refractivity contribution in [1.29, 1.82) is 0 Å². The van der Waals surface area contributed by atoms with Crippen LogP contribution in [0.4, 0.5) is 21.8 Å².